The number of fused-ring (bicyclic) bond motifs is 1. The number of Topliss-reactive ketones (excluding diaryl/α,β-unsaturated/α-hetero) is 1. The Labute approximate surface area is 117 Å². The van der Waals surface area contributed by atoms with Crippen LogP contribution in [-0.2, 0) is 11.2 Å². The van der Waals surface area contributed by atoms with Crippen molar-refractivity contribution in [3.05, 3.63) is 16.5 Å². The van der Waals surface area contributed by atoms with Crippen LogP contribution in [0, 0.1) is 5.41 Å². The standard InChI is InChI=1S/C14H19NO3S/c1-14(2)8-9-7-10(15-3-5-18-6-4-15)19-12(9)11(16)13(14)17/h7,13,17H,3-6,8H2,1-2H3. The Balaban J connectivity index is 1.93. The molecule has 1 unspecified atom stereocenters. The number of hydrogen-bond donors (Lipinski definition) is 1. The van der Waals surface area contributed by atoms with Gasteiger partial charge in [0, 0.05) is 18.5 Å². The van der Waals surface area contributed by atoms with E-state index in [1.165, 1.54) is 11.3 Å². The van der Waals surface area contributed by atoms with Gasteiger partial charge in [-0.15, -0.1) is 11.3 Å². The lowest BCUT2D eigenvalue weighted by Gasteiger charge is -2.33. The molecule has 104 valence electrons. The molecule has 1 aliphatic heterocycles. The molecule has 0 radical (unpaired) electrons. The van der Waals surface area contributed by atoms with Crippen LogP contribution in [0.4, 0.5) is 5.00 Å². The molecule has 1 saturated heterocycles. The van der Waals surface area contributed by atoms with Crippen molar-refractivity contribution in [1.82, 2.24) is 0 Å². The molecule has 19 heavy (non-hydrogen) atoms. The van der Waals surface area contributed by atoms with Crippen molar-refractivity contribution >= 4 is 22.1 Å². The highest BCUT2D eigenvalue weighted by atomic mass is 32.1. The Bertz CT molecular complexity index is 503. The number of aliphatic hydroxyl groups excluding tert-OH is 1. The predicted octanol–water partition coefficient (Wildman–Crippen LogP) is 1.71. The highest BCUT2D eigenvalue weighted by molar-refractivity contribution is 7.18. The minimum atomic E-state index is -0.879. The van der Waals surface area contributed by atoms with Crippen LogP contribution in [0.15, 0.2) is 6.07 Å². The Morgan fingerprint density at radius 2 is 2.11 bits per heavy atom. The van der Waals surface area contributed by atoms with E-state index in [1.54, 1.807) is 0 Å². The number of carbonyl (C=O) groups excluding carboxylic acids is 1. The highest BCUT2D eigenvalue weighted by Crippen LogP contribution is 2.41. The van der Waals surface area contributed by atoms with Crippen molar-refractivity contribution in [2.75, 3.05) is 31.2 Å². The number of hydrogen-bond acceptors (Lipinski definition) is 5. The van der Waals surface area contributed by atoms with Crippen LogP contribution in [0.25, 0.3) is 0 Å². The molecule has 0 aromatic carbocycles. The number of rotatable bonds is 1. The molecule has 1 aromatic rings. The number of thiophene rings is 1. The van der Waals surface area contributed by atoms with Crippen LogP contribution in [0.3, 0.4) is 0 Å². The van der Waals surface area contributed by atoms with Crippen LogP contribution in [-0.4, -0.2) is 43.3 Å². The van der Waals surface area contributed by atoms with Gasteiger partial charge in [0.15, 0.2) is 0 Å². The van der Waals surface area contributed by atoms with Crippen molar-refractivity contribution in [3.8, 4) is 0 Å². The molecule has 1 aromatic heterocycles. The Hall–Kier alpha value is -0.910. The zero-order chi connectivity index (χ0) is 13.6. The van der Waals surface area contributed by atoms with Crippen molar-refractivity contribution < 1.29 is 14.6 Å². The summed E-state index contributed by atoms with van der Waals surface area (Å²) in [6.07, 6.45) is -0.119. The minimum Gasteiger partial charge on any atom is -0.384 e. The molecule has 0 bridgehead atoms. The molecular formula is C14H19NO3S. The number of ether oxygens (including phenoxy) is 1. The first-order valence-corrected chi connectivity index (χ1v) is 7.48. The van der Waals surface area contributed by atoms with E-state index in [2.05, 4.69) is 11.0 Å². The summed E-state index contributed by atoms with van der Waals surface area (Å²) in [4.78, 5) is 15.3. The maximum atomic E-state index is 12.2. The average Bonchev–Trinajstić information content (AvgIpc) is 2.80. The summed E-state index contributed by atoms with van der Waals surface area (Å²) in [5.41, 5.74) is 0.722. The van der Waals surface area contributed by atoms with Gasteiger partial charge < -0.3 is 14.7 Å². The minimum absolute atomic E-state index is 0.115. The van der Waals surface area contributed by atoms with E-state index in [0.717, 1.165) is 48.2 Å². The molecule has 0 saturated carbocycles. The van der Waals surface area contributed by atoms with Gasteiger partial charge >= 0.3 is 0 Å². The normalized spacial score (nSPS) is 26.4. The van der Waals surface area contributed by atoms with E-state index >= 15 is 0 Å². The first-order chi connectivity index (χ1) is 8.99. The van der Waals surface area contributed by atoms with Gasteiger partial charge in [-0.25, -0.2) is 0 Å². The van der Waals surface area contributed by atoms with Crippen LogP contribution < -0.4 is 4.90 Å². The zero-order valence-corrected chi connectivity index (χ0v) is 12.1. The van der Waals surface area contributed by atoms with Gasteiger partial charge in [0.25, 0.3) is 0 Å². The molecule has 5 heteroatoms. The molecule has 1 fully saturated rings. The van der Waals surface area contributed by atoms with Crippen molar-refractivity contribution in [3.63, 3.8) is 0 Å². The Morgan fingerprint density at radius 3 is 2.79 bits per heavy atom. The van der Waals surface area contributed by atoms with Crippen molar-refractivity contribution in [1.29, 1.82) is 0 Å². The largest absolute Gasteiger partial charge is 0.384 e. The molecule has 1 N–H and O–H groups in total. The quantitative estimate of drug-likeness (QED) is 0.851. The summed E-state index contributed by atoms with van der Waals surface area (Å²) >= 11 is 1.52. The molecule has 1 aliphatic carbocycles. The van der Waals surface area contributed by atoms with Crippen LogP contribution >= 0.6 is 11.3 Å². The van der Waals surface area contributed by atoms with Gasteiger partial charge in [0.05, 0.1) is 23.1 Å². The second kappa shape index (κ2) is 4.58. The zero-order valence-electron chi connectivity index (χ0n) is 11.3. The number of aliphatic hydroxyl groups is 1. The van der Waals surface area contributed by atoms with Crippen molar-refractivity contribution in [2.24, 2.45) is 5.41 Å². The molecule has 2 heterocycles. The lowest BCUT2D eigenvalue weighted by atomic mass is 9.74. The van der Waals surface area contributed by atoms with Crippen LogP contribution in [0.1, 0.15) is 29.1 Å². The fourth-order valence-corrected chi connectivity index (χ4v) is 3.96. The van der Waals surface area contributed by atoms with E-state index in [4.69, 9.17) is 4.74 Å². The fraction of sp³-hybridized carbons (Fsp3) is 0.643. The van der Waals surface area contributed by atoms with E-state index in [1.807, 2.05) is 13.8 Å². The van der Waals surface area contributed by atoms with E-state index in [0.29, 0.717) is 0 Å². The first kappa shape index (κ1) is 13.1. The van der Waals surface area contributed by atoms with Gasteiger partial charge in [-0.2, -0.15) is 0 Å². The molecule has 4 nitrogen and oxygen atoms in total. The van der Waals surface area contributed by atoms with Gasteiger partial charge in [0.1, 0.15) is 6.10 Å². The predicted molar refractivity (Wildman–Crippen MR) is 75.2 cm³/mol. The number of ketones is 1. The first-order valence-electron chi connectivity index (χ1n) is 6.67. The fourth-order valence-electron chi connectivity index (χ4n) is 2.76. The van der Waals surface area contributed by atoms with Gasteiger partial charge in [0.2, 0.25) is 5.78 Å². The summed E-state index contributed by atoms with van der Waals surface area (Å²) in [7, 11) is 0. The lowest BCUT2D eigenvalue weighted by molar-refractivity contribution is 0.0345. The smallest absolute Gasteiger partial charge is 0.202 e. The molecule has 0 spiro atoms. The number of anilines is 1. The second-order valence-corrected chi connectivity index (χ2v) is 7.00. The summed E-state index contributed by atoms with van der Waals surface area (Å²) in [6, 6.07) is 2.12. The molecule has 2 aliphatic rings. The summed E-state index contributed by atoms with van der Waals surface area (Å²) < 4.78 is 5.35. The molecule has 1 atom stereocenters. The lowest BCUT2D eigenvalue weighted by Crippen LogP contribution is -2.41. The summed E-state index contributed by atoms with van der Waals surface area (Å²) in [6.45, 7) is 7.13. The highest BCUT2D eigenvalue weighted by Gasteiger charge is 2.41. The monoisotopic (exact) mass is 281 g/mol. The van der Waals surface area contributed by atoms with Crippen molar-refractivity contribution in [2.45, 2.75) is 26.4 Å². The van der Waals surface area contributed by atoms with E-state index in [-0.39, 0.29) is 11.2 Å². The molecule has 0 amide bonds. The second-order valence-electron chi connectivity index (χ2n) is 5.97. The van der Waals surface area contributed by atoms with E-state index < -0.39 is 6.10 Å². The SMILES string of the molecule is CC1(C)Cc2cc(N3CCOCC3)sc2C(=O)C1O. The van der Waals surface area contributed by atoms with Gasteiger partial charge in [-0.05, 0) is 18.1 Å². The Kier molecular flexibility index (Phi) is 3.15. The number of morpholine rings is 1. The third-order valence-corrected chi connectivity index (χ3v) is 5.23. The van der Waals surface area contributed by atoms with Gasteiger partial charge in [-0.3, -0.25) is 4.79 Å². The third-order valence-electron chi connectivity index (χ3n) is 3.98. The summed E-state index contributed by atoms with van der Waals surface area (Å²) in [5, 5.41) is 11.2. The molecule has 3 rings (SSSR count). The summed E-state index contributed by atoms with van der Waals surface area (Å²) in [5.74, 6) is -0.115. The maximum absolute atomic E-state index is 12.2. The third kappa shape index (κ3) is 2.20. The molecular weight excluding hydrogens is 262 g/mol. The van der Waals surface area contributed by atoms with E-state index in [9.17, 15) is 9.90 Å². The van der Waals surface area contributed by atoms with Crippen LogP contribution in [0.5, 0.6) is 0 Å². The van der Waals surface area contributed by atoms with Gasteiger partial charge in [-0.1, -0.05) is 13.8 Å². The average molecular weight is 281 g/mol. The maximum Gasteiger partial charge on any atom is 0.202 e. The number of nitrogens with zero attached hydrogens (tertiary/aromatic N) is 1. The number of carbonyl (C=O) groups is 1. The van der Waals surface area contributed by atoms with Crippen LogP contribution in [0.2, 0.25) is 0 Å². The topological polar surface area (TPSA) is 49.8 Å². The Morgan fingerprint density at radius 1 is 1.42 bits per heavy atom.